The third-order valence-corrected chi connectivity index (χ3v) is 4.53. The van der Waals surface area contributed by atoms with Crippen molar-refractivity contribution in [2.24, 2.45) is 5.10 Å². The molecule has 26 heavy (non-hydrogen) atoms. The number of benzene rings is 2. The molecule has 0 radical (unpaired) electrons. The zero-order valence-electron chi connectivity index (χ0n) is 15.3. The lowest BCUT2D eigenvalue weighted by Gasteiger charge is -2.34. The summed E-state index contributed by atoms with van der Waals surface area (Å²) in [5.74, 6) is -0.0644. The van der Waals surface area contributed by atoms with Crippen molar-refractivity contribution >= 4 is 12.1 Å². The SMILES string of the molecule is Cc1cccc(/C=N\NC(=O)CN2CCN(Cc3ccccc3)CC2)c1. The molecule has 5 heteroatoms. The Balaban J connectivity index is 1.38. The van der Waals surface area contributed by atoms with Gasteiger partial charge in [0, 0.05) is 32.7 Å². The molecule has 0 aliphatic carbocycles. The molecule has 0 saturated carbocycles. The van der Waals surface area contributed by atoms with Gasteiger partial charge in [0.05, 0.1) is 12.8 Å². The predicted octanol–water partition coefficient (Wildman–Crippen LogP) is 2.26. The average Bonchev–Trinajstić information content (AvgIpc) is 2.64. The first-order valence-corrected chi connectivity index (χ1v) is 9.06. The molecule has 5 nitrogen and oxygen atoms in total. The van der Waals surface area contributed by atoms with Crippen molar-refractivity contribution in [3.63, 3.8) is 0 Å². The molecule has 0 bridgehead atoms. The van der Waals surface area contributed by atoms with Gasteiger partial charge in [-0.3, -0.25) is 14.6 Å². The minimum absolute atomic E-state index is 0.0644. The molecule has 136 valence electrons. The topological polar surface area (TPSA) is 47.9 Å². The summed E-state index contributed by atoms with van der Waals surface area (Å²) in [6, 6.07) is 18.5. The third kappa shape index (κ3) is 5.79. The fourth-order valence-corrected chi connectivity index (χ4v) is 3.11. The van der Waals surface area contributed by atoms with Gasteiger partial charge >= 0.3 is 0 Å². The summed E-state index contributed by atoms with van der Waals surface area (Å²) in [5.41, 5.74) is 6.12. The Morgan fingerprint density at radius 3 is 2.50 bits per heavy atom. The first-order valence-electron chi connectivity index (χ1n) is 9.06. The fourth-order valence-electron chi connectivity index (χ4n) is 3.11. The van der Waals surface area contributed by atoms with Gasteiger partial charge in [0.15, 0.2) is 0 Å². The van der Waals surface area contributed by atoms with Crippen LogP contribution < -0.4 is 5.43 Å². The standard InChI is InChI=1S/C21H26N4O/c1-18-6-5-9-20(14-18)15-22-23-21(26)17-25-12-10-24(11-13-25)16-19-7-3-2-4-8-19/h2-9,14-15H,10-13,16-17H2,1H3,(H,23,26)/b22-15-. The first kappa shape index (κ1) is 18.3. The van der Waals surface area contributed by atoms with Crippen molar-refractivity contribution in [1.82, 2.24) is 15.2 Å². The van der Waals surface area contributed by atoms with Crippen molar-refractivity contribution in [1.29, 1.82) is 0 Å². The van der Waals surface area contributed by atoms with Crippen LogP contribution in [-0.4, -0.2) is 54.6 Å². The van der Waals surface area contributed by atoms with Crippen molar-refractivity contribution in [3.05, 3.63) is 71.3 Å². The second-order valence-corrected chi connectivity index (χ2v) is 6.75. The molecule has 1 N–H and O–H groups in total. The van der Waals surface area contributed by atoms with E-state index in [1.165, 1.54) is 11.1 Å². The molecule has 2 aromatic rings. The number of nitrogens with zero attached hydrogens (tertiary/aromatic N) is 3. The van der Waals surface area contributed by atoms with Gasteiger partial charge in [-0.05, 0) is 18.1 Å². The Bertz CT molecular complexity index is 737. The lowest BCUT2D eigenvalue weighted by atomic mass is 10.2. The van der Waals surface area contributed by atoms with E-state index in [0.717, 1.165) is 38.3 Å². The quantitative estimate of drug-likeness (QED) is 0.642. The van der Waals surface area contributed by atoms with Gasteiger partial charge in [0.25, 0.3) is 5.91 Å². The summed E-state index contributed by atoms with van der Waals surface area (Å²) in [6.45, 7) is 7.17. The Labute approximate surface area is 155 Å². The van der Waals surface area contributed by atoms with E-state index in [4.69, 9.17) is 0 Å². The van der Waals surface area contributed by atoms with Crippen LogP contribution in [-0.2, 0) is 11.3 Å². The summed E-state index contributed by atoms with van der Waals surface area (Å²) in [4.78, 5) is 16.7. The predicted molar refractivity (Wildman–Crippen MR) is 105 cm³/mol. The van der Waals surface area contributed by atoms with Crippen molar-refractivity contribution < 1.29 is 4.79 Å². The highest BCUT2D eigenvalue weighted by atomic mass is 16.2. The van der Waals surface area contributed by atoms with Crippen LogP contribution in [0.5, 0.6) is 0 Å². The minimum Gasteiger partial charge on any atom is -0.297 e. The lowest BCUT2D eigenvalue weighted by molar-refractivity contribution is -0.122. The second-order valence-electron chi connectivity index (χ2n) is 6.75. The molecule has 1 fully saturated rings. The van der Waals surface area contributed by atoms with Gasteiger partial charge < -0.3 is 0 Å². The molecule has 1 aliphatic rings. The number of piperazine rings is 1. The van der Waals surface area contributed by atoms with E-state index in [2.05, 4.69) is 44.6 Å². The van der Waals surface area contributed by atoms with Gasteiger partial charge in [0.1, 0.15) is 0 Å². The number of rotatable bonds is 6. The Kier molecular flexibility index (Phi) is 6.52. The summed E-state index contributed by atoms with van der Waals surface area (Å²) in [7, 11) is 0. The summed E-state index contributed by atoms with van der Waals surface area (Å²) in [5, 5.41) is 4.06. The zero-order valence-corrected chi connectivity index (χ0v) is 15.3. The van der Waals surface area contributed by atoms with Gasteiger partial charge in [-0.15, -0.1) is 0 Å². The smallest absolute Gasteiger partial charge is 0.254 e. The molecule has 1 aliphatic heterocycles. The van der Waals surface area contributed by atoms with Gasteiger partial charge in [-0.2, -0.15) is 5.10 Å². The van der Waals surface area contributed by atoms with E-state index in [9.17, 15) is 4.79 Å². The Hall–Kier alpha value is -2.50. The zero-order chi connectivity index (χ0) is 18.2. The van der Waals surface area contributed by atoms with Crippen LogP contribution in [0.1, 0.15) is 16.7 Å². The molecule has 2 aromatic carbocycles. The number of carbonyl (C=O) groups is 1. The second kappa shape index (κ2) is 9.27. The van der Waals surface area contributed by atoms with Gasteiger partial charge in [0.2, 0.25) is 0 Å². The number of hydrazone groups is 1. The van der Waals surface area contributed by atoms with Crippen molar-refractivity contribution in [2.45, 2.75) is 13.5 Å². The molecule has 0 unspecified atom stereocenters. The minimum atomic E-state index is -0.0644. The van der Waals surface area contributed by atoms with Crippen LogP contribution in [0.15, 0.2) is 59.7 Å². The van der Waals surface area contributed by atoms with Crippen LogP contribution in [0, 0.1) is 6.92 Å². The van der Waals surface area contributed by atoms with Crippen molar-refractivity contribution in [2.75, 3.05) is 32.7 Å². The average molecular weight is 350 g/mol. The summed E-state index contributed by atoms with van der Waals surface area (Å²) >= 11 is 0. The molecule has 1 heterocycles. The fraction of sp³-hybridized carbons (Fsp3) is 0.333. The maximum atomic E-state index is 12.1. The van der Waals surface area contributed by atoms with E-state index in [-0.39, 0.29) is 5.91 Å². The molecule has 1 amide bonds. The normalized spacial score (nSPS) is 16.0. The highest BCUT2D eigenvalue weighted by molar-refractivity contribution is 5.83. The highest BCUT2D eigenvalue weighted by Crippen LogP contribution is 2.08. The first-order chi connectivity index (χ1) is 12.7. The number of nitrogens with one attached hydrogen (secondary N) is 1. The molecule has 3 rings (SSSR count). The van der Waals surface area contributed by atoms with Crippen LogP contribution in [0.4, 0.5) is 0 Å². The van der Waals surface area contributed by atoms with Crippen LogP contribution >= 0.6 is 0 Å². The maximum absolute atomic E-state index is 12.1. The molecular formula is C21H26N4O. The van der Waals surface area contributed by atoms with Crippen molar-refractivity contribution in [3.8, 4) is 0 Å². The number of hydrogen-bond donors (Lipinski definition) is 1. The summed E-state index contributed by atoms with van der Waals surface area (Å²) < 4.78 is 0. The third-order valence-electron chi connectivity index (χ3n) is 4.53. The largest absolute Gasteiger partial charge is 0.297 e. The monoisotopic (exact) mass is 350 g/mol. The molecule has 1 saturated heterocycles. The number of amides is 1. The van der Waals surface area contributed by atoms with E-state index in [1.54, 1.807) is 6.21 Å². The molecular weight excluding hydrogens is 324 g/mol. The van der Waals surface area contributed by atoms with E-state index in [1.807, 2.05) is 37.3 Å². The Morgan fingerprint density at radius 1 is 1.04 bits per heavy atom. The van der Waals surface area contributed by atoms with E-state index < -0.39 is 0 Å². The Morgan fingerprint density at radius 2 is 1.77 bits per heavy atom. The molecule has 0 atom stereocenters. The molecule has 0 aromatic heterocycles. The van der Waals surface area contributed by atoms with Gasteiger partial charge in [-0.1, -0.05) is 60.2 Å². The van der Waals surface area contributed by atoms with Crippen LogP contribution in [0.2, 0.25) is 0 Å². The van der Waals surface area contributed by atoms with Crippen LogP contribution in [0.3, 0.4) is 0 Å². The summed E-state index contributed by atoms with van der Waals surface area (Å²) in [6.07, 6.45) is 1.68. The maximum Gasteiger partial charge on any atom is 0.254 e. The van der Waals surface area contributed by atoms with Crippen LogP contribution in [0.25, 0.3) is 0 Å². The van der Waals surface area contributed by atoms with E-state index in [0.29, 0.717) is 6.54 Å². The number of hydrogen-bond acceptors (Lipinski definition) is 4. The van der Waals surface area contributed by atoms with Gasteiger partial charge in [-0.25, -0.2) is 5.43 Å². The van der Waals surface area contributed by atoms with E-state index >= 15 is 0 Å². The molecule has 0 spiro atoms. The lowest BCUT2D eigenvalue weighted by Crippen LogP contribution is -2.48. The number of carbonyl (C=O) groups excluding carboxylic acids is 1. The highest BCUT2D eigenvalue weighted by Gasteiger charge is 2.18. The number of aryl methyl sites for hydroxylation is 1.